The summed E-state index contributed by atoms with van der Waals surface area (Å²) < 4.78 is 29.1. The second-order valence-corrected chi connectivity index (χ2v) is 5.48. The molecule has 1 aromatic heterocycles. The lowest BCUT2D eigenvalue weighted by molar-refractivity contribution is 0.456. The van der Waals surface area contributed by atoms with Crippen LogP contribution in [0.4, 0.5) is 0 Å². The van der Waals surface area contributed by atoms with E-state index >= 15 is 0 Å². The van der Waals surface area contributed by atoms with E-state index in [0.717, 1.165) is 0 Å². The Bertz CT molecular complexity index is 348. The molecular weight excluding hydrogens is 196 g/mol. The largest absolute Gasteiger partial charge is 0.285 e. The lowest BCUT2D eigenvalue weighted by Crippen LogP contribution is -2.27. The average Bonchev–Trinajstić information content (AvgIpc) is 2.34. The van der Waals surface area contributed by atoms with Crippen LogP contribution in [0, 0.1) is 6.92 Å². The maximum atomic E-state index is 10.9. The van der Waals surface area contributed by atoms with E-state index in [1.165, 1.54) is 18.3 Å². The third kappa shape index (κ3) is 1.53. The molecule has 0 spiro atoms. The fourth-order valence-electron chi connectivity index (χ4n) is 0.707. The molecule has 3 nitrogen and oxygen atoms in total. The third-order valence-corrected chi connectivity index (χ3v) is 4.23. The van der Waals surface area contributed by atoms with Gasteiger partial charge in [-0.15, -0.1) is 11.3 Å². The van der Waals surface area contributed by atoms with Crippen molar-refractivity contribution in [3.63, 3.8) is 0 Å². The maximum Gasteiger partial charge on any atom is 0.275 e. The predicted octanol–water partition coefficient (Wildman–Crippen LogP) is 1.69. The lowest BCUT2D eigenvalue weighted by Gasteiger charge is -2.18. The van der Waals surface area contributed by atoms with Gasteiger partial charge in [0, 0.05) is 4.88 Å². The number of hydrogen-bond acceptors (Lipinski definition) is 3. The molecule has 1 unspecified atom stereocenters. The first kappa shape index (κ1) is 9.70. The van der Waals surface area contributed by atoms with Gasteiger partial charge < -0.3 is 0 Å². The average molecular weight is 205 g/mol. The maximum absolute atomic E-state index is 10.9. The van der Waals surface area contributed by atoms with Gasteiger partial charge in [-0.25, -0.2) is 0 Å². The highest BCUT2D eigenvalue weighted by atomic mass is 32.2. The Kier molecular flexibility index (Phi) is 2.29. The zero-order valence-electron chi connectivity index (χ0n) is 6.52. The van der Waals surface area contributed by atoms with Crippen LogP contribution < -0.4 is 0 Å². The standard InChI is InChI=1S/C7H9O3S2/c1-7(2,12(8,9)10)6-4-3-5-11-6/h3-5H,1H2,2H3,(H,8,9,10). The monoisotopic (exact) mass is 205 g/mol. The van der Waals surface area contributed by atoms with Gasteiger partial charge in [0.05, 0.1) is 0 Å². The molecule has 0 bridgehead atoms. The minimum Gasteiger partial charge on any atom is -0.285 e. The minimum atomic E-state index is -4.13. The number of thiophene rings is 1. The van der Waals surface area contributed by atoms with Gasteiger partial charge in [0.1, 0.15) is 4.75 Å². The number of hydrogen-bond donors (Lipinski definition) is 1. The van der Waals surface area contributed by atoms with Gasteiger partial charge in [0.15, 0.2) is 0 Å². The van der Waals surface area contributed by atoms with Crippen molar-refractivity contribution in [2.24, 2.45) is 0 Å². The van der Waals surface area contributed by atoms with E-state index in [-0.39, 0.29) is 0 Å². The molecule has 1 heterocycles. The summed E-state index contributed by atoms with van der Waals surface area (Å²) in [5.74, 6) is 0. The Morgan fingerprint density at radius 2 is 2.25 bits per heavy atom. The van der Waals surface area contributed by atoms with Crippen molar-refractivity contribution in [1.82, 2.24) is 0 Å². The summed E-state index contributed by atoms with van der Waals surface area (Å²) in [4.78, 5) is 0.532. The molecule has 5 heteroatoms. The smallest absolute Gasteiger partial charge is 0.275 e. The van der Waals surface area contributed by atoms with Gasteiger partial charge in [0.2, 0.25) is 0 Å². The fraction of sp³-hybridized carbons (Fsp3) is 0.286. The summed E-state index contributed by atoms with van der Waals surface area (Å²) in [7, 11) is -4.13. The van der Waals surface area contributed by atoms with Crippen LogP contribution in [0.15, 0.2) is 17.5 Å². The molecule has 1 N–H and O–H groups in total. The van der Waals surface area contributed by atoms with E-state index in [1.807, 2.05) is 0 Å². The quantitative estimate of drug-likeness (QED) is 0.747. The Morgan fingerprint density at radius 1 is 1.67 bits per heavy atom. The topological polar surface area (TPSA) is 54.4 Å². The van der Waals surface area contributed by atoms with Crippen molar-refractivity contribution < 1.29 is 13.0 Å². The molecular formula is C7H9O3S2. The van der Waals surface area contributed by atoms with E-state index < -0.39 is 14.9 Å². The molecule has 12 heavy (non-hydrogen) atoms. The molecule has 1 rings (SSSR count). The lowest BCUT2D eigenvalue weighted by atomic mass is 10.2. The predicted molar refractivity (Wildman–Crippen MR) is 48.6 cm³/mol. The van der Waals surface area contributed by atoms with Gasteiger partial charge in [-0.2, -0.15) is 8.42 Å². The highest BCUT2D eigenvalue weighted by Gasteiger charge is 2.35. The van der Waals surface area contributed by atoms with E-state index in [4.69, 9.17) is 4.55 Å². The van der Waals surface area contributed by atoms with Crippen molar-refractivity contribution in [1.29, 1.82) is 0 Å². The summed E-state index contributed by atoms with van der Waals surface area (Å²) >= 11 is 1.26. The van der Waals surface area contributed by atoms with Crippen molar-refractivity contribution in [2.75, 3.05) is 0 Å². The van der Waals surface area contributed by atoms with E-state index in [0.29, 0.717) is 4.88 Å². The van der Waals surface area contributed by atoms with Crippen LogP contribution in [-0.4, -0.2) is 13.0 Å². The third-order valence-electron chi connectivity index (χ3n) is 1.61. The molecule has 0 aliphatic rings. The van der Waals surface area contributed by atoms with Crippen LogP contribution >= 0.6 is 11.3 Å². The van der Waals surface area contributed by atoms with Crippen LogP contribution in [-0.2, 0) is 14.9 Å². The molecule has 1 atom stereocenters. The molecule has 0 aromatic carbocycles. The summed E-state index contributed by atoms with van der Waals surface area (Å²) in [5.41, 5.74) is 0. The van der Waals surface area contributed by atoms with E-state index in [2.05, 4.69) is 6.92 Å². The first-order chi connectivity index (χ1) is 5.36. The molecule has 0 saturated heterocycles. The molecule has 0 aliphatic heterocycles. The molecule has 0 fully saturated rings. The van der Waals surface area contributed by atoms with Crippen molar-refractivity contribution in [2.45, 2.75) is 11.7 Å². The normalized spacial score (nSPS) is 13.2. The first-order valence-electron chi connectivity index (χ1n) is 3.22. The highest BCUT2D eigenvalue weighted by molar-refractivity contribution is 7.87. The highest BCUT2D eigenvalue weighted by Crippen LogP contribution is 2.31. The zero-order chi connectivity index (χ0) is 9.41. The minimum absolute atomic E-state index is 0.532. The SMILES string of the molecule is [CH2]C(C)(c1cccs1)S(=O)(=O)O. The Hall–Kier alpha value is -0.390. The van der Waals surface area contributed by atoms with E-state index in [9.17, 15) is 8.42 Å². The second kappa shape index (κ2) is 2.83. The second-order valence-electron chi connectivity index (χ2n) is 2.68. The van der Waals surface area contributed by atoms with Crippen LogP contribution in [0.2, 0.25) is 0 Å². The number of rotatable bonds is 2. The van der Waals surface area contributed by atoms with Crippen LogP contribution in [0.25, 0.3) is 0 Å². The van der Waals surface area contributed by atoms with Gasteiger partial charge in [-0.05, 0) is 25.3 Å². The van der Waals surface area contributed by atoms with Crippen LogP contribution in [0.5, 0.6) is 0 Å². The molecule has 0 saturated carbocycles. The van der Waals surface area contributed by atoms with Gasteiger partial charge in [-0.1, -0.05) is 6.07 Å². The van der Waals surface area contributed by atoms with Gasteiger partial charge >= 0.3 is 0 Å². The Balaban J connectivity index is 3.20. The summed E-state index contributed by atoms with van der Waals surface area (Å²) in [5, 5.41) is 1.74. The van der Waals surface area contributed by atoms with Crippen LogP contribution in [0.3, 0.4) is 0 Å². The van der Waals surface area contributed by atoms with Gasteiger partial charge in [-0.3, -0.25) is 4.55 Å². The van der Waals surface area contributed by atoms with Crippen molar-refractivity contribution >= 4 is 21.5 Å². The van der Waals surface area contributed by atoms with Gasteiger partial charge in [0.25, 0.3) is 10.1 Å². The molecule has 1 aromatic rings. The van der Waals surface area contributed by atoms with Crippen molar-refractivity contribution in [3.05, 3.63) is 29.3 Å². The van der Waals surface area contributed by atoms with Crippen LogP contribution in [0.1, 0.15) is 11.8 Å². The van der Waals surface area contributed by atoms with E-state index in [1.54, 1.807) is 17.5 Å². The Morgan fingerprint density at radius 3 is 2.58 bits per heavy atom. The molecule has 0 aliphatic carbocycles. The first-order valence-corrected chi connectivity index (χ1v) is 5.54. The summed E-state index contributed by atoms with van der Waals surface area (Å²) in [6.45, 7) is 4.83. The summed E-state index contributed by atoms with van der Waals surface area (Å²) in [6.07, 6.45) is 0. The fourth-order valence-corrected chi connectivity index (χ4v) is 2.20. The summed E-state index contributed by atoms with van der Waals surface area (Å²) in [6, 6.07) is 3.35. The Labute approximate surface area is 75.8 Å². The molecule has 67 valence electrons. The van der Waals surface area contributed by atoms with Crippen molar-refractivity contribution in [3.8, 4) is 0 Å². The molecule has 0 amide bonds. The molecule has 1 radical (unpaired) electrons. The zero-order valence-corrected chi connectivity index (χ0v) is 8.15.